The second-order valence-electron chi connectivity index (χ2n) is 5.70. The van der Waals surface area contributed by atoms with Crippen LogP contribution < -0.4 is 4.74 Å². The lowest BCUT2D eigenvalue weighted by molar-refractivity contribution is -0.320. The molecule has 0 radical (unpaired) electrons. The molecule has 0 aliphatic carbocycles. The number of aliphatic hydroxyl groups excluding tert-OH is 3. The molecular formula is C15H18O8. The summed E-state index contributed by atoms with van der Waals surface area (Å²) in [6.07, 6.45) is -4.46. The van der Waals surface area contributed by atoms with Crippen molar-refractivity contribution in [1.29, 1.82) is 0 Å². The van der Waals surface area contributed by atoms with E-state index in [0.717, 1.165) is 0 Å². The third kappa shape index (κ3) is 2.43. The highest BCUT2D eigenvalue weighted by atomic mass is 16.7. The van der Waals surface area contributed by atoms with Gasteiger partial charge >= 0.3 is 5.97 Å². The van der Waals surface area contributed by atoms with Gasteiger partial charge in [-0.2, -0.15) is 0 Å². The van der Waals surface area contributed by atoms with Crippen molar-refractivity contribution >= 4 is 5.97 Å². The van der Waals surface area contributed by atoms with E-state index in [1.54, 1.807) is 6.07 Å². The van der Waals surface area contributed by atoms with Gasteiger partial charge in [0.15, 0.2) is 11.5 Å². The first kappa shape index (κ1) is 16.0. The Labute approximate surface area is 131 Å². The molecule has 2 saturated heterocycles. The summed E-state index contributed by atoms with van der Waals surface area (Å²) in [5.74, 6) is -2.97. The van der Waals surface area contributed by atoms with Gasteiger partial charge in [-0.3, -0.25) is 4.79 Å². The Hall–Kier alpha value is -1.87. The van der Waals surface area contributed by atoms with Crippen LogP contribution in [0.3, 0.4) is 0 Å². The molecule has 4 N–H and O–H groups in total. The van der Waals surface area contributed by atoms with E-state index in [-0.39, 0.29) is 24.5 Å². The van der Waals surface area contributed by atoms with Crippen molar-refractivity contribution in [3.05, 3.63) is 23.8 Å². The van der Waals surface area contributed by atoms with Crippen molar-refractivity contribution < 1.29 is 39.4 Å². The number of carbonyl (C=O) groups excluding carboxylic acids is 1. The van der Waals surface area contributed by atoms with Crippen molar-refractivity contribution in [2.45, 2.75) is 36.4 Å². The average Bonchev–Trinajstić information content (AvgIpc) is 2.87. The molecule has 2 aliphatic rings. The lowest BCUT2D eigenvalue weighted by Gasteiger charge is -2.44. The van der Waals surface area contributed by atoms with E-state index in [9.17, 15) is 25.2 Å². The SMILES string of the molecule is COc1cc([C@@H]2CC(=O)O[C@]23OC[C@H](O)[C@@H](O)[C@@H]3O)ccc1O. The molecule has 2 fully saturated rings. The number of hydrogen-bond donors (Lipinski definition) is 4. The van der Waals surface area contributed by atoms with Crippen molar-refractivity contribution in [2.24, 2.45) is 0 Å². The minimum atomic E-state index is -1.78. The van der Waals surface area contributed by atoms with Gasteiger partial charge in [0, 0.05) is 0 Å². The Bertz CT molecular complexity index is 617. The first-order valence-electron chi connectivity index (χ1n) is 7.16. The Kier molecular flexibility index (Phi) is 3.93. The van der Waals surface area contributed by atoms with Gasteiger partial charge in [0.2, 0.25) is 5.79 Å². The highest BCUT2D eigenvalue weighted by Gasteiger charge is 2.61. The van der Waals surface area contributed by atoms with Gasteiger partial charge in [-0.15, -0.1) is 0 Å². The predicted molar refractivity (Wildman–Crippen MR) is 74.8 cm³/mol. The zero-order valence-corrected chi connectivity index (χ0v) is 12.4. The van der Waals surface area contributed by atoms with E-state index in [4.69, 9.17) is 14.2 Å². The summed E-state index contributed by atoms with van der Waals surface area (Å²) in [5.41, 5.74) is 0.535. The minimum Gasteiger partial charge on any atom is -0.504 e. The molecule has 0 aromatic heterocycles. The minimum absolute atomic E-state index is 0.0730. The van der Waals surface area contributed by atoms with Crippen LogP contribution in [-0.2, 0) is 14.3 Å². The third-order valence-corrected chi connectivity index (χ3v) is 4.35. The van der Waals surface area contributed by atoms with Crippen LogP contribution in [0.4, 0.5) is 0 Å². The molecule has 0 amide bonds. The number of carbonyl (C=O) groups is 1. The largest absolute Gasteiger partial charge is 0.504 e. The zero-order chi connectivity index (χ0) is 16.8. The summed E-state index contributed by atoms with van der Waals surface area (Å²) < 4.78 is 15.7. The topological polar surface area (TPSA) is 126 Å². The lowest BCUT2D eigenvalue weighted by Crippen LogP contribution is -2.62. The second kappa shape index (κ2) is 5.64. The fourth-order valence-corrected chi connectivity index (χ4v) is 3.11. The number of aliphatic hydroxyl groups is 3. The second-order valence-corrected chi connectivity index (χ2v) is 5.70. The van der Waals surface area contributed by atoms with Crippen LogP contribution in [0.25, 0.3) is 0 Å². The van der Waals surface area contributed by atoms with Gasteiger partial charge in [-0.05, 0) is 17.7 Å². The number of rotatable bonds is 2. The Morgan fingerprint density at radius 3 is 2.74 bits per heavy atom. The summed E-state index contributed by atoms with van der Waals surface area (Å²) in [6, 6.07) is 4.46. The van der Waals surface area contributed by atoms with E-state index < -0.39 is 36.0 Å². The summed E-state index contributed by atoms with van der Waals surface area (Å²) in [7, 11) is 1.39. The Balaban J connectivity index is 2.02. The monoisotopic (exact) mass is 326 g/mol. The van der Waals surface area contributed by atoms with Crippen LogP contribution in [0.2, 0.25) is 0 Å². The molecule has 0 unspecified atom stereocenters. The van der Waals surface area contributed by atoms with Crippen LogP contribution >= 0.6 is 0 Å². The molecule has 8 heteroatoms. The number of phenols is 1. The molecule has 126 valence electrons. The maximum atomic E-state index is 11.8. The highest BCUT2D eigenvalue weighted by molar-refractivity contribution is 5.74. The van der Waals surface area contributed by atoms with E-state index in [1.165, 1.54) is 19.2 Å². The maximum Gasteiger partial charge on any atom is 0.309 e. The van der Waals surface area contributed by atoms with Gasteiger partial charge in [0.1, 0.15) is 18.3 Å². The van der Waals surface area contributed by atoms with Gasteiger partial charge < -0.3 is 34.6 Å². The van der Waals surface area contributed by atoms with Crippen LogP contribution in [0.5, 0.6) is 11.5 Å². The molecule has 0 saturated carbocycles. The molecule has 3 rings (SSSR count). The molecule has 5 atom stereocenters. The summed E-state index contributed by atoms with van der Waals surface area (Å²) in [4.78, 5) is 11.8. The van der Waals surface area contributed by atoms with Gasteiger partial charge in [0.05, 0.1) is 26.1 Å². The number of methoxy groups -OCH3 is 1. The normalized spacial score (nSPS) is 37.0. The lowest BCUT2D eigenvalue weighted by atomic mass is 9.82. The number of hydrogen-bond acceptors (Lipinski definition) is 8. The van der Waals surface area contributed by atoms with E-state index in [2.05, 4.69) is 0 Å². The predicted octanol–water partition coefficient (Wildman–Crippen LogP) is -0.760. The Morgan fingerprint density at radius 1 is 1.30 bits per heavy atom. The van der Waals surface area contributed by atoms with E-state index >= 15 is 0 Å². The first-order chi connectivity index (χ1) is 10.9. The third-order valence-electron chi connectivity index (χ3n) is 4.35. The molecule has 2 aliphatic heterocycles. The van der Waals surface area contributed by atoms with E-state index in [1.807, 2.05) is 0 Å². The summed E-state index contributed by atoms with van der Waals surface area (Å²) >= 11 is 0. The molecule has 23 heavy (non-hydrogen) atoms. The van der Waals surface area contributed by atoms with Gasteiger partial charge in [0.25, 0.3) is 0 Å². The number of esters is 1. The molecule has 1 aromatic rings. The van der Waals surface area contributed by atoms with Crippen molar-refractivity contribution in [3.63, 3.8) is 0 Å². The molecule has 0 bridgehead atoms. The van der Waals surface area contributed by atoms with Crippen molar-refractivity contribution in [2.75, 3.05) is 13.7 Å². The number of aromatic hydroxyl groups is 1. The number of benzene rings is 1. The van der Waals surface area contributed by atoms with Crippen LogP contribution in [0, 0.1) is 0 Å². The molecule has 1 spiro atoms. The smallest absolute Gasteiger partial charge is 0.309 e. The molecule has 2 heterocycles. The highest BCUT2D eigenvalue weighted by Crippen LogP contribution is 2.48. The summed E-state index contributed by atoms with van der Waals surface area (Å²) in [6.45, 7) is -0.281. The van der Waals surface area contributed by atoms with Gasteiger partial charge in [-0.25, -0.2) is 0 Å². The summed E-state index contributed by atoms with van der Waals surface area (Å²) in [5, 5.41) is 39.6. The number of ether oxygens (including phenoxy) is 3. The standard InChI is InChI=1S/C15H18O8/c1-21-11-4-7(2-3-9(11)16)8-5-12(18)23-15(8)14(20)13(19)10(17)6-22-15/h2-4,8,10,13-14,16-17,19-20H,5-6H2,1H3/t8-,10-,13+,14-,15+/m0/s1. The van der Waals surface area contributed by atoms with Crippen LogP contribution in [0.1, 0.15) is 17.9 Å². The quantitative estimate of drug-likeness (QED) is 0.523. The average molecular weight is 326 g/mol. The first-order valence-corrected chi connectivity index (χ1v) is 7.16. The van der Waals surface area contributed by atoms with E-state index in [0.29, 0.717) is 5.56 Å². The van der Waals surface area contributed by atoms with Gasteiger partial charge in [-0.1, -0.05) is 6.07 Å². The number of phenolic OH excluding ortho intramolecular Hbond substituents is 1. The maximum absolute atomic E-state index is 11.8. The Morgan fingerprint density at radius 2 is 2.04 bits per heavy atom. The van der Waals surface area contributed by atoms with Crippen LogP contribution in [0.15, 0.2) is 18.2 Å². The fraction of sp³-hybridized carbons (Fsp3) is 0.533. The zero-order valence-electron chi connectivity index (χ0n) is 12.4. The fourth-order valence-electron chi connectivity index (χ4n) is 3.11. The molecular weight excluding hydrogens is 308 g/mol. The van der Waals surface area contributed by atoms with Crippen molar-refractivity contribution in [1.82, 2.24) is 0 Å². The molecule has 8 nitrogen and oxygen atoms in total. The van der Waals surface area contributed by atoms with Crippen LogP contribution in [-0.4, -0.2) is 64.2 Å². The molecule has 1 aromatic carbocycles. The van der Waals surface area contributed by atoms with Crippen molar-refractivity contribution in [3.8, 4) is 11.5 Å².